The normalized spacial score (nSPS) is 24.2. The maximum atomic E-state index is 12.4. The highest BCUT2D eigenvalue weighted by Gasteiger charge is 2.38. The molecule has 0 unspecified atom stereocenters. The summed E-state index contributed by atoms with van der Waals surface area (Å²) in [7, 11) is 0. The molecule has 102 valence electrons. The van der Waals surface area contributed by atoms with Crippen LogP contribution in [-0.4, -0.2) is 17.5 Å². The summed E-state index contributed by atoms with van der Waals surface area (Å²) in [6.45, 7) is 2.97. The topological polar surface area (TPSA) is 41.1 Å². The summed E-state index contributed by atoms with van der Waals surface area (Å²) < 4.78 is 0. The Balaban J connectivity index is 1.66. The van der Waals surface area contributed by atoms with Crippen LogP contribution in [0.3, 0.4) is 0 Å². The molecule has 1 aromatic carbocycles. The molecule has 3 nitrogen and oxygen atoms in total. The second-order valence-corrected chi connectivity index (χ2v) is 5.88. The van der Waals surface area contributed by atoms with Gasteiger partial charge in [0.25, 0.3) is 0 Å². The first-order valence-electron chi connectivity index (χ1n) is 7.35. The zero-order valence-corrected chi connectivity index (χ0v) is 11.5. The fraction of sp³-hybridized carbons (Fsp3) is 0.562. The minimum atomic E-state index is -0.0704. The van der Waals surface area contributed by atoms with E-state index in [4.69, 9.17) is 0 Å². The molecule has 1 amide bonds. The number of carbonyl (C=O) groups excluding carboxylic acids is 1. The van der Waals surface area contributed by atoms with Gasteiger partial charge in [-0.05, 0) is 43.2 Å². The minimum absolute atomic E-state index is 0.0704. The summed E-state index contributed by atoms with van der Waals surface area (Å²) in [6, 6.07) is 8.31. The fourth-order valence-corrected chi connectivity index (χ4v) is 3.16. The van der Waals surface area contributed by atoms with Gasteiger partial charge in [-0.25, -0.2) is 0 Å². The third kappa shape index (κ3) is 2.39. The van der Waals surface area contributed by atoms with Crippen molar-refractivity contribution >= 4 is 5.91 Å². The van der Waals surface area contributed by atoms with Crippen molar-refractivity contribution in [3.63, 3.8) is 0 Å². The fourth-order valence-electron chi connectivity index (χ4n) is 3.16. The predicted molar refractivity (Wildman–Crippen MR) is 75.8 cm³/mol. The summed E-state index contributed by atoms with van der Waals surface area (Å²) in [5, 5.41) is 6.64. The highest BCUT2D eigenvalue weighted by atomic mass is 16.2. The second-order valence-electron chi connectivity index (χ2n) is 5.88. The molecule has 1 saturated carbocycles. The maximum Gasteiger partial charge on any atom is 0.237 e. The maximum absolute atomic E-state index is 12.4. The van der Waals surface area contributed by atoms with Crippen LogP contribution in [0.5, 0.6) is 0 Å². The number of hydrogen-bond acceptors (Lipinski definition) is 2. The monoisotopic (exact) mass is 258 g/mol. The van der Waals surface area contributed by atoms with Crippen molar-refractivity contribution in [3.05, 3.63) is 35.4 Å². The van der Waals surface area contributed by atoms with Gasteiger partial charge in [-0.1, -0.05) is 31.2 Å². The molecular weight excluding hydrogens is 236 g/mol. The number of amides is 1. The van der Waals surface area contributed by atoms with E-state index in [1.807, 2.05) is 0 Å². The number of benzene rings is 1. The second kappa shape index (κ2) is 4.97. The number of fused-ring (bicyclic) bond motifs is 1. The molecule has 1 fully saturated rings. The Labute approximate surface area is 114 Å². The quantitative estimate of drug-likeness (QED) is 0.872. The highest BCUT2D eigenvalue weighted by Crippen LogP contribution is 2.34. The van der Waals surface area contributed by atoms with E-state index in [9.17, 15) is 4.79 Å². The summed E-state index contributed by atoms with van der Waals surface area (Å²) >= 11 is 0. The lowest BCUT2D eigenvalue weighted by atomic mass is 9.74. The molecule has 1 aliphatic heterocycles. The van der Waals surface area contributed by atoms with Crippen molar-refractivity contribution in [2.45, 2.75) is 57.2 Å². The minimum Gasteiger partial charge on any atom is -0.349 e. The first-order valence-corrected chi connectivity index (χ1v) is 7.35. The van der Waals surface area contributed by atoms with Crippen LogP contribution in [-0.2, 0) is 17.8 Å². The molecule has 0 aromatic heterocycles. The molecule has 1 atom stereocenters. The average Bonchev–Trinajstić information content (AvgIpc) is 2.42. The first-order chi connectivity index (χ1) is 9.22. The number of carbonyl (C=O) groups is 1. The molecule has 1 aliphatic carbocycles. The number of hydrogen-bond donors (Lipinski definition) is 2. The van der Waals surface area contributed by atoms with E-state index < -0.39 is 0 Å². The highest BCUT2D eigenvalue weighted by molar-refractivity contribution is 5.83. The summed E-state index contributed by atoms with van der Waals surface area (Å²) in [5.41, 5.74) is 2.72. The van der Waals surface area contributed by atoms with Crippen molar-refractivity contribution in [3.8, 4) is 0 Å². The SMILES string of the molecule is CCC1(NC(=O)[C@H]2Cc3ccccc3CN2)CCC1. The van der Waals surface area contributed by atoms with Crippen LogP contribution in [0.2, 0.25) is 0 Å². The Bertz CT molecular complexity index is 474. The van der Waals surface area contributed by atoms with Crippen molar-refractivity contribution in [1.82, 2.24) is 10.6 Å². The molecule has 0 radical (unpaired) electrons. The van der Waals surface area contributed by atoms with Crippen LogP contribution in [0.25, 0.3) is 0 Å². The van der Waals surface area contributed by atoms with Crippen LogP contribution in [0.1, 0.15) is 43.7 Å². The zero-order chi connectivity index (χ0) is 13.3. The summed E-state index contributed by atoms with van der Waals surface area (Å²) in [6.07, 6.45) is 5.37. The van der Waals surface area contributed by atoms with Crippen LogP contribution < -0.4 is 10.6 Å². The van der Waals surface area contributed by atoms with E-state index in [-0.39, 0.29) is 17.5 Å². The standard InChI is InChI=1S/C16H22N2O/c1-2-16(8-5-9-16)18-15(19)14-10-12-6-3-4-7-13(12)11-17-14/h3-4,6-7,14,17H,2,5,8-11H2,1H3,(H,18,19)/t14-/m1/s1. The summed E-state index contributed by atoms with van der Waals surface area (Å²) in [4.78, 5) is 12.4. The van der Waals surface area contributed by atoms with Crippen molar-refractivity contribution in [2.75, 3.05) is 0 Å². The lowest BCUT2D eigenvalue weighted by Gasteiger charge is -2.43. The zero-order valence-electron chi connectivity index (χ0n) is 11.5. The Morgan fingerprint density at radius 3 is 2.74 bits per heavy atom. The van der Waals surface area contributed by atoms with Crippen molar-refractivity contribution in [1.29, 1.82) is 0 Å². The van der Waals surface area contributed by atoms with Gasteiger partial charge >= 0.3 is 0 Å². The van der Waals surface area contributed by atoms with Gasteiger partial charge in [0, 0.05) is 12.1 Å². The molecular formula is C16H22N2O. The van der Waals surface area contributed by atoms with Crippen LogP contribution in [0.4, 0.5) is 0 Å². The lowest BCUT2D eigenvalue weighted by Crippen LogP contribution is -2.58. The molecule has 0 bridgehead atoms. The Morgan fingerprint density at radius 2 is 2.11 bits per heavy atom. The Hall–Kier alpha value is -1.35. The van der Waals surface area contributed by atoms with Gasteiger partial charge in [0.1, 0.15) is 0 Å². The first kappa shape index (κ1) is 12.7. The van der Waals surface area contributed by atoms with Crippen LogP contribution in [0.15, 0.2) is 24.3 Å². The van der Waals surface area contributed by atoms with E-state index in [1.54, 1.807) is 0 Å². The average molecular weight is 258 g/mol. The molecule has 19 heavy (non-hydrogen) atoms. The van der Waals surface area contributed by atoms with Gasteiger partial charge in [0.05, 0.1) is 6.04 Å². The van der Waals surface area contributed by atoms with E-state index >= 15 is 0 Å². The third-order valence-electron chi connectivity index (χ3n) is 4.77. The Morgan fingerprint density at radius 1 is 1.37 bits per heavy atom. The van der Waals surface area contributed by atoms with Crippen molar-refractivity contribution in [2.24, 2.45) is 0 Å². The Kier molecular flexibility index (Phi) is 3.31. The van der Waals surface area contributed by atoms with Gasteiger partial charge in [-0.15, -0.1) is 0 Å². The number of rotatable bonds is 3. The van der Waals surface area contributed by atoms with E-state index in [0.717, 1.165) is 32.2 Å². The molecule has 2 aliphatic rings. The molecule has 0 spiro atoms. The largest absolute Gasteiger partial charge is 0.349 e. The molecule has 2 N–H and O–H groups in total. The van der Waals surface area contributed by atoms with Gasteiger partial charge < -0.3 is 10.6 Å². The molecule has 1 aromatic rings. The lowest BCUT2D eigenvalue weighted by molar-refractivity contribution is -0.126. The van der Waals surface area contributed by atoms with Gasteiger partial charge in [0.15, 0.2) is 0 Å². The third-order valence-corrected chi connectivity index (χ3v) is 4.77. The molecule has 3 heteroatoms. The molecule has 3 rings (SSSR count). The van der Waals surface area contributed by atoms with Gasteiger partial charge in [0.2, 0.25) is 5.91 Å². The van der Waals surface area contributed by atoms with E-state index in [2.05, 4.69) is 41.8 Å². The molecule has 1 heterocycles. The van der Waals surface area contributed by atoms with Crippen molar-refractivity contribution < 1.29 is 4.79 Å². The predicted octanol–water partition coefficient (Wildman–Crippen LogP) is 2.15. The number of nitrogens with one attached hydrogen (secondary N) is 2. The van der Waals surface area contributed by atoms with Gasteiger partial charge in [-0.2, -0.15) is 0 Å². The van der Waals surface area contributed by atoms with Gasteiger partial charge in [-0.3, -0.25) is 4.79 Å². The smallest absolute Gasteiger partial charge is 0.237 e. The van der Waals surface area contributed by atoms with E-state index in [0.29, 0.717) is 0 Å². The van der Waals surface area contributed by atoms with Crippen LogP contribution >= 0.6 is 0 Å². The molecule has 0 saturated heterocycles. The summed E-state index contributed by atoms with van der Waals surface area (Å²) in [5.74, 6) is 0.177. The van der Waals surface area contributed by atoms with Crippen LogP contribution in [0, 0.1) is 0 Å². The van der Waals surface area contributed by atoms with E-state index in [1.165, 1.54) is 17.5 Å².